The number of hydrogen-bond acceptors (Lipinski definition) is 5. The first-order valence-corrected chi connectivity index (χ1v) is 12.1. The number of nitrogens with one attached hydrogen (secondary N) is 2. The van der Waals surface area contributed by atoms with Crippen LogP contribution in [0.5, 0.6) is 0 Å². The quantitative estimate of drug-likeness (QED) is 0.458. The van der Waals surface area contributed by atoms with Crippen molar-refractivity contribution in [3.63, 3.8) is 0 Å². The van der Waals surface area contributed by atoms with E-state index in [4.69, 9.17) is 4.98 Å². The minimum atomic E-state index is -0.107. The molecule has 5 rings (SSSR count). The van der Waals surface area contributed by atoms with Crippen LogP contribution in [-0.2, 0) is 0 Å². The van der Waals surface area contributed by atoms with Crippen LogP contribution >= 0.6 is 11.3 Å². The molecule has 1 fully saturated rings. The average Bonchev–Trinajstić information content (AvgIpc) is 3.52. The van der Waals surface area contributed by atoms with Gasteiger partial charge in [-0.05, 0) is 63.2 Å². The third-order valence-corrected chi connectivity index (χ3v) is 7.48. The molecule has 8 heteroatoms. The number of aromatic nitrogens is 2. The van der Waals surface area contributed by atoms with E-state index in [0.29, 0.717) is 23.7 Å². The van der Waals surface area contributed by atoms with Crippen LogP contribution in [0, 0.1) is 0 Å². The number of thiazole rings is 1. The van der Waals surface area contributed by atoms with Gasteiger partial charge in [0.15, 0.2) is 4.96 Å². The van der Waals surface area contributed by atoms with Crippen molar-refractivity contribution in [1.82, 2.24) is 24.9 Å². The lowest BCUT2D eigenvalue weighted by Crippen LogP contribution is -2.31. The number of likely N-dealkylation sites (tertiary alicyclic amines) is 1. The monoisotopic (exact) mass is 461 g/mol. The van der Waals surface area contributed by atoms with Crippen LogP contribution in [0.1, 0.15) is 40.0 Å². The van der Waals surface area contributed by atoms with Crippen molar-refractivity contribution in [1.29, 1.82) is 0 Å². The number of nitrogens with zero attached hydrogens (tertiary/aromatic N) is 3. The molecular formula is C25H27N5O2S. The van der Waals surface area contributed by atoms with E-state index in [-0.39, 0.29) is 11.8 Å². The van der Waals surface area contributed by atoms with Gasteiger partial charge < -0.3 is 15.5 Å². The fourth-order valence-corrected chi connectivity index (χ4v) is 5.56. The molecular weight excluding hydrogens is 434 g/mol. The molecule has 0 saturated carbocycles. The molecule has 0 radical (unpaired) electrons. The van der Waals surface area contributed by atoms with Crippen LogP contribution < -0.4 is 10.6 Å². The summed E-state index contributed by atoms with van der Waals surface area (Å²) in [7, 11) is 3.78. The minimum absolute atomic E-state index is 0.0273. The van der Waals surface area contributed by atoms with Crippen molar-refractivity contribution in [3.05, 3.63) is 59.8 Å². The number of imidazole rings is 1. The molecule has 1 aliphatic heterocycles. The van der Waals surface area contributed by atoms with Gasteiger partial charge in [-0.3, -0.25) is 14.0 Å². The molecule has 0 spiro atoms. The Morgan fingerprint density at radius 3 is 2.64 bits per heavy atom. The topological polar surface area (TPSA) is 78.7 Å². The molecule has 2 N–H and O–H groups in total. The van der Waals surface area contributed by atoms with E-state index in [1.807, 2.05) is 36.5 Å². The van der Waals surface area contributed by atoms with Crippen molar-refractivity contribution in [2.45, 2.75) is 25.3 Å². The highest BCUT2D eigenvalue weighted by Crippen LogP contribution is 2.30. The highest BCUT2D eigenvalue weighted by molar-refractivity contribution is 7.23. The number of amides is 2. The van der Waals surface area contributed by atoms with E-state index in [2.05, 4.69) is 27.0 Å². The highest BCUT2D eigenvalue weighted by atomic mass is 32.1. The molecule has 4 aromatic rings. The number of carbonyl (C=O) groups is 2. The van der Waals surface area contributed by atoms with Crippen LogP contribution in [0.15, 0.2) is 48.7 Å². The largest absolute Gasteiger partial charge is 0.355 e. The average molecular weight is 462 g/mol. The predicted molar refractivity (Wildman–Crippen MR) is 132 cm³/mol. The van der Waals surface area contributed by atoms with Crippen LogP contribution in [0.3, 0.4) is 0 Å². The Bertz CT molecular complexity index is 1320. The second-order valence-corrected chi connectivity index (χ2v) is 9.55. The van der Waals surface area contributed by atoms with Crippen molar-refractivity contribution >= 4 is 38.3 Å². The molecule has 1 aliphatic rings. The first-order valence-electron chi connectivity index (χ1n) is 11.3. The molecule has 3 heterocycles. The zero-order chi connectivity index (χ0) is 22.9. The molecule has 1 atom stereocenters. The van der Waals surface area contributed by atoms with E-state index in [1.165, 1.54) is 12.8 Å². The van der Waals surface area contributed by atoms with E-state index in [9.17, 15) is 9.59 Å². The van der Waals surface area contributed by atoms with Crippen molar-refractivity contribution < 1.29 is 9.59 Å². The number of benzene rings is 2. The summed E-state index contributed by atoms with van der Waals surface area (Å²) >= 11 is 1.57. The second-order valence-electron chi connectivity index (χ2n) is 8.54. The second kappa shape index (κ2) is 8.96. The summed E-state index contributed by atoms with van der Waals surface area (Å²) in [5.74, 6) is -0.135. The molecule has 2 aromatic carbocycles. The van der Waals surface area contributed by atoms with Gasteiger partial charge in [0, 0.05) is 42.5 Å². The molecule has 2 amide bonds. The van der Waals surface area contributed by atoms with Gasteiger partial charge in [0.05, 0.1) is 15.9 Å². The molecule has 1 saturated heterocycles. The number of rotatable bonds is 6. The molecule has 0 unspecified atom stereocenters. The Balaban J connectivity index is 1.31. The molecule has 33 heavy (non-hydrogen) atoms. The van der Waals surface area contributed by atoms with Gasteiger partial charge in [-0.2, -0.15) is 0 Å². The van der Waals surface area contributed by atoms with Gasteiger partial charge in [-0.15, -0.1) is 0 Å². The van der Waals surface area contributed by atoms with Gasteiger partial charge in [-0.25, -0.2) is 4.98 Å². The molecule has 0 aliphatic carbocycles. The summed E-state index contributed by atoms with van der Waals surface area (Å²) < 4.78 is 3.08. The van der Waals surface area contributed by atoms with Crippen LogP contribution in [0.25, 0.3) is 26.4 Å². The first-order chi connectivity index (χ1) is 16.0. The standard InChI is InChI=1S/C25H27N5O2S/c1-26-23(31)17-7-5-16(6-8-17)20-15-30-21-10-9-18(14-22(21)33-25(30)28-20)24(32)27-12-11-19-4-3-13-29(19)2/h5-10,14-15,19H,3-4,11-13H2,1-2H3,(H,26,31)(H,27,32)/t19-/m1/s1. The number of carbonyl (C=O) groups excluding carboxylic acids is 2. The van der Waals surface area contributed by atoms with E-state index in [0.717, 1.165) is 39.4 Å². The summed E-state index contributed by atoms with van der Waals surface area (Å²) in [5.41, 5.74) is 4.13. The summed E-state index contributed by atoms with van der Waals surface area (Å²) in [6, 6.07) is 13.8. The number of hydrogen-bond donors (Lipinski definition) is 2. The smallest absolute Gasteiger partial charge is 0.251 e. The SMILES string of the molecule is CNC(=O)c1ccc(-c2cn3c(n2)sc2cc(C(=O)NCC[C@H]4CCCN4C)ccc23)cc1. The predicted octanol–water partition coefficient (Wildman–Crippen LogP) is 3.79. The van der Waals surface area contributed by atoms with E-state index >= 15 is 0 Å². The van der Waals surface area contributed by atoms with Crippen LogP contribution in [0.4, 0.5) is 0 Å². The fourth-order valence-electron chi connectivity index (χ4n) is 4.52. The zero-order valence-corrected chi connectivity index (χ0v) is 19.6. The lowest BCUT2D eigenvalue weighted by molar-refractivity contribution is 0.0946. The summed E-state index contributed by atoms with van der Waals surface area (Å²) in [5, 5.41) is 5.70. The Kier molecular flexibility index (Phi) is 5.86. The maximum Gasteiger partial charge on any atom is 0.251 e. The molecule has 2 aromatic heterocycles. The Hall–Kier alpha value is -3.23. The molecule has 170 valence electrons. The lowest BCUT2D eigenvalue weighted by atomic mass is 10.1. The van der Waals surface area contributed by atoms with Gasteiger partial charge in [-0.1, -0.05) is 23.5 Å². The Morgan fingerprint density at radius 2 is 1.91 bits per heavy atom. The summed E-state index contributed by atoms with van der Waals surface area (Å²) in [4.78, 5) is 32.4. The summed E-state index contributed by atoms with van der Waals surface area (Å²) in [6.07, 6.45) is 5.45. The Labute approximate surface area is 196 Å². The van der Waals surface area contributed by atoms with Crippen molar-refractivity contribution in [3.8, 4) is 11.3 Å². The van der Waals surface area contributed by atoms with Crippen LogP contribution in [-0.4, -0.2) is 59.3 Å². The third-order valence-electron chi connectivity index (χ3n) is 6.46. The molecule has 0 bridgehead atoms. The van der Waals surface area contributed by atoms with Gasteiger partial charge in [0.25, 0.3) is 11.8 Å². The minimum Gasteiger partial charge on any atom is -0.355 e. The van der Waals surface area contributed by atoms with E-state index < -0.39 is 0 Å². The maximum atomic E-state index is 12.7. The highest BCUT2D eigenvalue weighted by Gasteiger charge is 2.20. The van der Waals surface area contributed by atoms with Crippen molar-refractivity contribution in [2.24, 2.45) is 0 Å². The van der Waals surface area contributed by atoms with E-state index in [1.54, 1.807) is 30.5 Å². The molecule has 7 nitrogen and oxygen atoms in total. The van der Waals surface area contributed by atoms with Gasteiger partial charge in [0.1, 0.15) is 0 Å². The van der Waals surface area contributed by atoms with Crippen molar-refractivity contribution in [2.75, 3.05) is 27.2 Å². The number of fused-ring (bicyclic) bond motifs is 3. The zero-order valence-electron chi connectivity index (χ0n) is 18.8. The maximum absolute atomic E-state index is 12.7. The van der Waals surface area contributed by atoms with Gasteiger partial charge >= 0.3 is 0 Å². The Morgan fingerprint density at radius 1 is 1.12 bits per heavy atom. The summed E-state index contributed by atoms with van der Waals surface area (Å²) in [6.45, 7) is 1.85. The van der Waals surface area contributed by atoms with Crippen LogP contribution in [0.2, 0.25) is 0 Å². The third kappa shape index (κ3) is 4.24. The van der Waals surface area contributed by atoms with Gasteiger partial charge in [0.2, 0.25) is 0 Å². The fraction of sp³-hybridized carbons (Fsp3) is 0.320. The lowest BCUT2D eigenvalue weighted by Gasteiger charge is -2.19. The normalized spacial score (nSPS) is 16.5. The first kappa shape index (κ1) is 21.6.